The van der Waals surface area contributed by atoms with Crippen molar-refractivity contribution in [2.75, 3.05) is 12.3 Å². The van der Waals surface area contributed by atoms with Gasteiger partial charge in [-0.2, -0.15) is 0 Å². The van der Waals surface area contributed by atoms with Gasteiger partial charge in [0.15, 0.2) is 0 Å². The zero-order valence-corrected chi connectivity index (χ0v) is 6.60. The summed E-state index contributed by atoms with van der Waals surface area (Å²) in [5.74, 6) is 0.277. The summed E-state index contributed by atoms with van der Waals surface area (Å²) in [6.07, 6.45) is 3.12. The quantitative estimate of drug-likeness (QED) is 0.563. The van der Waals surface area contributed by atoms with Crippen molar-refractivity contribution in [2.24, 2.45) is 0 Å². The second-order valence-corrected chi connectivity index (χ2v) is 4.36. The van der Waals surface area contributed by atoms with Crippen LogP contribution in [0.3, 0.4) is 0 Å². The summed E-state index contributed by atoms with van der Waals surface area (Å²) >= 11 is 0. The summed E-state index contributed by atoms with van der Waals surface area (Å²) < 4.78 is 23.5. The van der Waals surface area contributed by atoms with Gasteiger partial charge in [-0.3, -0.25) is 4.31 Å². The standard InChI is InChI=1S/C6H11NO2S/c1-2-7-5-3-4-6-10(7,8)9/h2H,1,3-6H2. The predicted octanol–water partition coefficient (Wildman–Crippen LogP) is 0.556. The van der Waals surface area contributed by atoms with Crippen molar-refractivity contribution in [3.05, 3.63) is 12.8 Å². The molecule has 1 saturated heterocycles. The fourth-order valence-electron chi connectivity index (χ4n) is 1.01. The Balaban J connectivity index is 2.79. The molecule has 58 valence electrons. The number of rotatable bonds is 1. The molecule has 0 aromatic rings. The van der Waals surface area contributed by atoms with E-state index in [-0.39, 0.29) is 5.75 Å². The van der Waals surface area contributed by atoms with E-state index in [9.17, 15) is 8.42 Å². The summed E-state index contributed by atoms with van der Waals surface area (Å²) in [7, 11) is -2.96. The number of hydrogen-bond acceptors (Lipinski definition) is 2. The van der Waals surface area contributed by atoms with Crippen LogP contribution in [-0.2, 0) is 10.0 Å². The zero-order chi connectivity index (χ0) is 7.61. The molecule has 1 fully saturated rings. The Morgan fingerprint density at radius 2 is 2.10 bits per heavy atom. The van der Waals surface area contributed by atoms with E-state index >= 15 is 0 Å². The van der Waals surface area contributed by atoms with Crippen molar-refractivity contribution in [1.82, 2.24) is 4.31 Å². The van der Waals surface area contributed by atoms with E-state index in [2.05, 4.69) is 6.58 Å². The number of sulfonamides is 1. The minimum Gasteiger partial charge on any atom is -0.278 e. The smallest absolute Gasteiger partial charge is 0.234 e. The Morgan fingerprint density at radius 1 is 1.40 bits per heavy atom. The highest BCUT2D eigenvalue weighted by Gasteiger charge is 2.21. The number of hydrogen-bond donors (Lipinski definition) is 0. The second kappa shape index (κ2) is 2.62. The van der Waals surface area contributed by atoms with Gasteiger partial charge in [0.25, 0.3) is 0 Å². The van der Waals surface area contributed by atoms with E-state index in [4.69, 9.17) is 0 Å². The Hall–Kier alpha value is -0.510. The lowest BCUT2D eigenvalue weighted by atomic mass is 10.3. The van der Waals surface area contributed by atoms with Crippen molar-refractivity contribution in [2.45, 2.75) is 12.8 Å². The lowest BCUT2D eigenvalue weighted by Crippen LogP contribution is -2.33. The maximum atomic E-state index is 11.1. The Bertz CT molecular complexity index is 220. The first-order valence-electron chi connectivity index (χ1n) is 3.29. The molecular weight excluding hydrogens is 150 g/mol. The highest BCUT2D eigenvalue weighted by atomic mass is 32.2. The van der Waals surface area contributed by atoms with Crippen molar-refractivity contribution >= 4 is 10.0 Å². The Morgan fingerprint density at radius 3 is 2.50 bits per heavy atom. The van der Waals surface area contributed by atoms with Gasteiger partial charge >= 0.3 is 0 Å². The van der Waals surface area contributed by atoms with Gasteiger partial charge in [-0.1, -0.05) is 6.58 Å². The molecule has 0 aliphatic carbocycles. The maximum Gasteiger partial charge on any atom is 0.234 e. The van der Waals surface area contributed by atoms with Crippen LogP contribution < -0.4 is 0 Å². The molecule has 0 spiro atoms. The summed E-state index contributed by atoms with van der Waals surface area (Å²) in [5, 5.41) is 0. The largest absolute Gasteiger partial charge is 0.278 e. The van der Waals surface area contributed by atoms with Crippen LogP contribution in [0.4, 0.5) is 0 Å². The molecule has 0 bridgehead atoms. The monoisotopic (exact) mass is 161 g/mol. The van der Waals surface area contributed by atoms with Crippen LogP contribution in [0.1, 0.15) is 12.8 Å². The SMILES string of the molecule is C=CN1CCCCS1(=O)=O. The van der Waals surface area contributed by atoms with Gasteiger partial charge in [-0.05, 0) is 12.8 Å². The maximum absolute atomic E-state index is 11.1. The predicted molar refractivity (Wildman–Crippen MR) is 39.9 cm³/mol. The average Bonchev–Trinajstić information content (AvgIpc) is 1.87. The van der Waals surface area contributed by atoms with Crippen LogP contribution in [-0.4, -0.2) is 25.0 Å². The van der Waals surface area contributed by atoms with Gasteiger partial charge in [0.05, 0.1) is 5.75 Å². The van der Waals surface area contributed by atoms with Crippen molar-refractivity contribution in [3.8, 4) is 0 Å². The van der Waals surface area contributed by atoms with Gasteiger partial charge in [0, 0.05) is 12.7 Å². The van der Waals surface area contributed by atoms with Gasteiger partial charge < -0.3 is 0 Å². The van der Waals surface area contributed by atoms with E-state index in [1.165, 1.54) is 10.5 Å². The normalized spacial score (nSPS) is 24.2. The Kier molecular flexibility index (Phi) is 1.99. The first-order valence-corrected chi connectivity index (χ1v) is 4.90. The molecule has 0 aromatic heterocycles. The fraction of sp³-hybridized carbons (Fsp3) is 0.667. The molecule has 0 aromatic carbocycles. The molecule has 10 heavy (non-hydrogen) atoms. The zero-order valence-electron chi connectivity index (χ0n) is 5.78. The van der Waals surface area contributed by atoms with Crippen LogP contribution in [0, 0.1) is 0 Å². The van der Waals surface area contributed by atoms with Crippen molar-refractivity contribution in [3.63, 3.8) is 0 Å². The third kappa shape index (κ3) is 1.31. The lowest BCUT2D eigenvalue weighted by Gasteiger charge is -2.23. The first kappa shape index (κ1) is 7.60. The van der Waals surface area contributed by atoms with Crippen LogP contribution >= 0.6 is 0 Å². The number of nitrogens with zero attached hydrogens (tertiary/aromatic N) is 1. The molecule has 0 atom stereocenters. The molecule has 0 unspecified atom stereocenters. The average molecular weight is 161 g/mol. The van der Waals surface area contributed by atoms with Crippen LogP contribution in [0.15, 0.2) is 12.8 Å². The molecule has 1 rings (SSSR count). The molecule has 1 aliphatic heterocycles. The molecule has 3 nitrogen and oxygen atoms in total. The molecular formula is C6H11NO2S. The minimum atomic E-state index is -2.96. The lowest BCUT2D eigenvalue weighted by molar-refractivity contribution is 0.462. The van der Waals surface area contributed by atoms with Gasteiger partial charge in [-0.15, -0.1) is 0 Å². The van der Waals surface area contributed by atoms with Crippen LogP contribution in [0.5, 0.6) is 0 Å². The molecule has 1 heterocycles. The molecule has 0 N–H and O–H groups in total. The molecule has 0 radical (unpaired) electrons. The van der Waals surface area contributed by atoms with Crippen LogP contribution in [0.25, 0.3) is 0 Å². The summed E-state index contributed by atoms with van der Waals surface area (Å²) in [6, 6.07) is 0. The van der Waals surface area contributed by atoms with Gasteiger partial charge in [-0.25, -0.2) is 8.42 Å². The first-order chi connectivity index (χ1) is 4.67. The van der Waals surface area contributed by atoms with Crippen LogP contribution in [0.2, 0.25) is 0 Å². The topological polar surface area (TPSA) is 37.4 Å². The molecule has 0 saturated carbocycles. The third-order valence-electron chi connectivity index (χ3n) is 1.59. The van der Waals surface area contributed by atoms with Gasteiger partial charge in [0.1, 0.15) is 0 Å². The highest BCUT2D eigenvalue weighted by Crippen LogP contribution is 2.12. The summed E-state index contributed by atoms with van der Waals surface area (Å²) in [5.41, 5.74) is 0. The van der Waals surface area contributed by atoms with E-state index in [1.807, 2.05) is 0 Å². The Labute approximate surface area is 61.4 Å². The molecule has 1 aliphatic rings. The minimum absolute atomic E-state index is 0.277. The fourth-order valence-corrected chi connectivity index (χ4v) is 2.45. The second-order valence-electron chi connectivity index (χ2n) is 2.32. The van der Waals surface area contributed by atoms with E-state index < -0.39 is 10.0 Å². The summed E-state index contributed by atoms with van der Waals surface area (Å²) in [6.45, 7) is 4.03. The van der Waals surface area contributed by atoms with E-state index in [1.54, 1.807) is 0 Å². The van der Waals surface area contributed by atoms with E-state index in [0.717, 1.165) is 12.8 Å². The van der Waals surface area contributed by atoms with Crippen molar-refractivity contribution in [1.29, 1.82) is 0 Å². The molecule has 4 heteroatoms. The highest BCUT2D eigenvalue weighted by molar-refractivity contribution is 7.89. The molecule has 0 amide bonds. The van der Waals surface area contributed by atoms with Gasteiger partial charge in [0.2, 0.25) is 10.0 Å². The third-order valence-corrected chi connectivity index (χ3v) is 3.44. The van der Waals surface area contributed by atoms with Crippen molar-refractivity contribution < 1.29 is 8.42 Å². The summed E-state index contributed by atoms with van der Waals surface area (Å²) in [4.78, 5) is 0. The van der Waals surface area contributed by atoms with E-state index in [0.29, 0.717) is 6.54 Å².